The van der Waals surface area contributed by atoms with Gasteiger partial charge in [0, 0.05) is 50.6 Å². The number of benzene rings is 5. The Bertz CT molecular complexity index is 2610. The molecule has 50 heavy (non-hydrogen) atoms. The van der Waals surface area contributed by atoms with Gasteiger partial charge >= 0.3 is 0 Å². The summed E-state index contributed by atoms with van der Waals surface area (Å²) in [5, 5.41) is 32.0. The van der Waals surface area contributed by atoms with E-state index in [9.17, 15) is 15.8 Å². The predicted molar refractivity (Wildman–Crippen MR) is 199 cm³/mol. The Hall–Kier alpha value is -6.87. The van der Waals surface area contributed by atoms with Crippen molar-refractivity contribution in [1.82, 2.24) is 4.57 Å². The molecule has 2 heterocycles. The van der Waals surface area contributed by atoms with Gasteiger partial charge in [-0.15, -0.1) is 0 Å². The molecule has 2 unspecified atom stereocenters. The maximum absolute atomic E-state index is 10.9. The van der Waals surface area contributed by atoms with Crippen molar-refractivity contribution in [3.63, 3.8) is 0 Å². The van der Waals surface area contributed by atoms with Gasteiger partial charge in [-0.05, 0) is 66.4 Å². The quantitative estimate of drug-likeness (QED) is 0.192. The van der Waals surface area contributed by atoms with E-state index in [-0.39, 0.29) is 12.0 Å². The number of rotatable bonds is 4. The van der Waals surface area contributed by atoms with E-state index >= 15 is 0 Å². The number of nitriles is 3. The van der Waals surface area contributed by atoms with Gasteiger partial charge in [0.05, 0.1) is 40.0 Å². The molecular weight excluding hydrogens is 611 g/mol. The first-order chi connectivity index (χ1) is 24.7. The van der Waals surface area contributed by atoms with Crippen LogP contribution in [0.1, 0.15) is 45.8 Å². The molecule has 1 aromatic heterocycles. The van der Waals surface area contributed by atoms with Crippen molar-refractivity contribution in [2.45, 2.75) is 24.8 Å². The van der Waals surface area contributed by atoms with Crippen molar-refractivity contribution in [1.29, 1.82) is 15.8 Å². The molecule has 3 aliphatic rings. The molecule has 2 aliphatic carbocycles. The summed E-state index contributed by atoms with van der Waals surface area (Å²) < 4.78 is 2.19. The lowest BCUT2D eigenvalue weighted by Crippen LogP contribution is -2.28. The zero-order chi connectivity index (χ0) is 33.8. The average molecular weight is 640 g/mol. The number of fused-ring (bicyclic) bond motifs is 6. The van der Waals surface area contributed by atoms with Crippen LogP contribution in [0.25, 0.3) is 44.9 Å². The molecule has 1 aliphatic heterocycles. The maximum Gasteiger partial charge on any atom is 0.101 e. The molecule has 0 fully saturated rings. The number of hydrogen-bond donors (Lipinski definition) is 0. The van der Waals surface area contributed by atoms with Crippen LogP contribution in [-0.4, -0.2) is 10.6 Å². The fourth-order valence-corrected chi connectivity index (χ4v) is 8.19. The second-order valence-electron chi connectivity index (χ2n) is 12.9. The number of hydrogen-bond acceptors (Lipinski definition) is 4. The number of allylic oxidation sites excluding steroid dienone is 3. The molecule has 5 nitrogen and oxygen atoms in total. The third kappa shape index (κ3) is 4.37. The summed E-state index contributed by atoms with van der Waals surface area (Å²) in [6, 6.07) is 42.0. The Morgan fingerprint density at radius 3 is 2.40 bits per heavy atom. The smallest absolute Gasteiger partial charge is 0.101 e. The summed E-state index contributed by atoms with van der Waals surface area (Å²) in [7, 11) is 0. The van der Waals surface area contributed by atoms with Gasteiger partial charge in [0.15, 0.2) is 0 Å². The summed E-state index contributed by atoms with van der Waals surface area (Å²) >= 11 is 0. The normalized spacial score (nSPS) is 16.7. The van der Waals surface area contributed by atoms with Crippen molar-refractivity contribution in [3.05, 3.63) is 167 Å². The highest BCUT2D eigenvalue weighted by molar-refractivity contribution is 5.97. The van der Waals surface area contributed by atoms with Crippen molar-refractivity contribution in [2.24, 2.45) is 0 Å². The van der Waals surface area contributed by atoms with Crippen molar-refractivity contribution in [3.8, 4) is 46.1 Å². The van der Waals surface area contributed by atoms with E-state index in [0.717, 1.165) is 68.6 Å². The highest BCUT2D eigenvalue weighted by Crippen LogP contribution is 2.48. The fraction of sp³-hybridized carbons (Fsp3) is 0.0889. The van der Waals surface area contributed by atoms with Crippen LogP contribution in [0.4, 0.5) is 11.4 Å². The average Bonchev–Trinajstić information content (AvgIpc) is 3.69. The van der Waals surface area contributed by atoms with E-state index in [4.69, 9.17) is 0 Å². The first-order valence-corrected chi connectivity index (χ1v) is 16.8. The molecule has 0 N–H and O–H groups in total. The molecule has 0 radical (unpaired) electrons. The standard InChI is InChI=1S/C45H29N5/c46-26-29-22-23-44-39(24-29)37-15-3-6-21-43(37)50(44)45-31(27-47)11-8-18-38(45)34-17-9-16-33(40(34)28-48)30-10-7-12-32(25-30)49-41-19-4-1-13-35(41)36-14-2-5-20-42(36)49/h1-5,7-20,22-25,35,41H,6,21H2. The largest absolute Gasteiger partial charge is 0.333 e. The van der Waals surface area contributed by atoms with E-state index in [2.05, 4.69) is 113 Å². The van der Waals surface area contributed by atoms with Gasteiger partial charge in [-0.2, -0.15) is 15.8 Å². The first-order valence-electron chi connectivity index (χ1n) is 16.8. The third-order valence-corrected chi connectivity index (χ3v) is 10.3. The SMILES string of the molecule is N#Cc1ccc2c(c1)c1c(n2-c2c(C#N)cccc2-c2cccc(-c3cccc(N4c5ccccc5C5C=CC=CC54)c3)c2C#N)CCC=C1. The molecule has 234 valence electrons. The second-order valence-corrected chi connectivity index (χ2v) is 12.9. The van der Waals surface area contributed by atoms with Crippen LogP contribution in [0.5, 0.6) is 0 Å². The van der Waals surface area contributed by atoms with Crippen LogP contribution >= 0.6 is 0 Å². The molecular formula is C45H29N5. The van der Waals surface area contributed by atoms with Gasteiger partial charge < -0.3 is 9.47 Å². The lowest BCUT2D eigenvalue weighted by Gasteiger charge is -2.29. The number of anilines is 2. The lowest BCUT2D eigenvalue weighted by molar-refractivity contribution is 0.745. The minimum Gasteiger partial charge on any atom is -0.333 e. The molecule has 6 aromatic rings. The Labute approximate surface area is 290 Å². The van der Waals surface area contributed by atoms with E-state index < -0.39 is 0 Å². The molecule has 0 spiro atoms. The first kappa shape index (κ1) is 29.3. The van der Waals surface area contributed by atoms with E-state index in [0.29, 0.717) is 16.7 Å². The second kappa shape index (κ2) is 11.7. The minimum atomic E-state index is 0.173. The van der Waals surface area contributed by atoms with E-state index in [1.807, 2.05) is 54.6 Å². The number of aromatic nitrogens is 1. The minimum absolute atomic E-state index is 0.173. The van der Waals surface area contributed by atoms with Crippen molar-refractivity contribution < 1.29 is 0 Å². The topological polar surface area (TPSA) is 79.5 Å². The van der Waals surface area contributed by atoms with Crippen LogP contribution < -0.4 is 4.90 Å². The molecule has 0 amide bonds. The molecule has 5 aromatic carbocycles. The Kier molecular flexibility index (Phi) is 6.84. The molecule has 2 atom stereocenters. The predicted octanol–water partition coefficient (Wildman–Crippen LogP) is 10.3. The Morgan fingerprint density at radius 1 is 0.700 bits per heavy atom. The zero-order valence-corrected chi connectivity index (χ0v) is 27.1. The van der Waals surface area contributed by atoms with Crippen LogP contribution in [0.2, 0.25) is 0 Å². The molecule has 0 bridgehead atoms. The van der Waals surface area contributed by atoms with Crippen molar-refractivity contribution >= 4 is 28.4 Å². The molecule has 5 heteroatoms. The number of para-hydroxylation sites is 2. The molecule has 9 rings (SSSR count). The van der Waals surface area contributed by atoms with Gasteiger partial charge in [-0.25, -0.2) is 0 Å². The van der Waals surface area contributed by atoms with Crippen molar-refractivity contribution in [2.75, 3.05) is 4.90 Å². The fourth-order valence-electron chi connectivity index (χ4n) is 8.19. The Balaban J connectivity index is 1.23. The van der Waals surface area contributed by atoms with Crippen LogP contribution in [0.3, 0.4) is 0 Å². The maximum atomic E-state index is 10.9. The summed E-state index contributed by atoms with van der Waals surface area (Å²) in [5.74, 6) is 0.279. The molecule has 0 saturated heterocycles. The summed E-state index contributed by atoms with van der Waals surface area (Å²) in [6.07, 6.45) is 14.8. The third-order valence-electron chi connectivity index (χ3n) is 10.3. The number of nitrogens with zero attached hydrogens (tertiary/aromatic N) is 5. The molecule has 0 saturated carbocycles. The van der Waals surface area contributed by atoms with Gasteiger partial charge in [0.25, 0.3) is 0 Å². The highest BCUT2D eigenvalue weighted by atomic mass is 15.2. The van der Waals surface area contributed by atoms with Gasteiger partial charge in [0.2, 0.25) is 0 Å². The van der Waals surface area contributed by atoms with Crippen LogP contribution in [-0.2, 0) is 6.42 Å². The summed E-state index contributed by atoms with van der Waals surface area (Å²) in [6.45, 7) is 0. The van der Waals surface area contributed by atoms with E-state index in [1.165, 1.54) is 11.3 Å². The van der Waals surface area contributed by atoms with E-state index in [1.54, 1.807) is 0 Å². The van der Waals surface area contributed by atoms with Gasteiger partial charge in [0.1, 0.15) is 12.1 Å². The lowest BCUT2D eigenvalue weighted by atomic mass is 9.90. The monoisotopic (exact) mass is 639 g/mol. The Morgan fingerprint density at radius 2 is 1.52 bits per heavy atom. The van der Waals surface area contributed by atoms with Crippen LogP contribution in [0, 0.1) is 34.0 Å². The van der Waals surface area contributed by atoms with Gasteiger partial charge in [-0.1, -0.05) is 97.1 Å². The van der Waals surface area contributed by atoms with Crippen LogP contribution in [0.15, 0.2) is 134 Å². The van der Waals surface area contributed by atoms with Gasteiger partial charge in [-0.3, -0.25) is 0 Å². The zero-order valence-electron chi connectivity index (χ0n) is 27.1. The summed E-state index contributed by atoms with van der Waals surface area (Å²) in [4.78, 5) is 2.40. The summed E-state index contributed by atoms with van der Waals surface area (Å²) in [5.41, 5.74) is 12.5. The highest BCUT2D eigenvalue weighted by Gasteiger charge is 2.37.